The standard InChI is InChI=1S/C8H12F2N2O2/c1-8(11,7(9)10)4-5-3-6(13-2)12-14-5/h3,7H,4,11H2,1-2H3. The lowest BCUT2D eigenvalue weighted by atomic mass is 9.99. The van der Waals surface area contributed by atoms with Crippen molar-refractivity contribution >= 4 is 0 Å². The number of nitrogens with two attached hydrogens (primary N) is 1. The van der Waals surface area contributed by atoms with Crippen molar-refractivity contribution in [1.82, 2.24) is 5.16 Å². The quantitative estimate of drug-likeness (QED) is 0.804. The molecule has 0 saturated heterocycles. The molecule has 6 heteroatoms. The second-order valence-electron chi connectivity index (χ2n) is 3.32. The Kier molecular flexibility index (Phi) is 3.05. The van der Waals surface area contributed by atoms with E-state index in [1.54, 1.807) is 0 Å². The Morgan fingerprint density at radius 2 is 2.36 bits per heavy atom. The highest BCUT2D eigenvalue weighted by Gasteiger charge is 2.32. The third-order valence-corrected chi connectivity index (χ3v) is 1.80. The van der Waals surface area contributed by atoms with E-state index in [1.807, 2.05) is 0 Å². The van der Waals surface area contributed by atoms with E-state index in [9.17, 15) is 8.78 Å². The maximum absolute atomic E-state index is 12.4. The Morgan fingerprint density at radius 3 is 2.79 bits per heavy atom. The summed E-state index contributed by atoms with van der Waals surface area (Å²) in [5.74, 6) is 0.539. The second-order valence-corrected chi connectivity index (χ2v) is 3.32. The van der Waals surface area contributed by atoms with E-state index in [0.29, 0.717) is 0 Å². The van der Waals surface area contributed by atoms with Gasteiger partial charge in [0.05, 0.1) is 12.6 Å². The molecule has 1 aromatic rings. The van der Waals surface area contributed by atoms with E-state index in [2.05, 4.69) is 5.16 Å². The molecule has 1 aromatic heterocycles. The first-order valence-corrected chi connectivity index (χ1v) is 4.02. The Bertz CT molecular complexity index is 299. The van der Waals surface area contributed by atoms with Crippen LogP contribution in [-0.4, -0.2) is 24.2 Å². The molecule has 4 nitrogen and oxygen atoms in total. The Balaban J connectivity index is 2.68. The normalized spacial score (nSPS) is 15.6. The first-order valence-electron chi connectivity index (χ1n) is 4.02. The second kappa shape index (κ2) is 3.91. The van der Waals surface area contributed by atoms with Gasteiger partial charge in [0.1, 0.15) is 5.76 Å². The summed E-state index contributed by atoms with van der Waals surface area (Å²) in [7, 11) is 1.41. The SMILES string of the molecule is COc1cc(CC(C)(N)C(F)F)on1. The van der Waals surface area contributed by atoms with Gasteiger partial charge in [-0.1, -0.05) is 0 Å². The van der Waals surface area contributed by atoms with Crippen LogP contribution < -0.4 is 10.5 Å². The van der Waals surface area contributed by atoms with E-state index in [1.165, 1.54) is 20.1 Å². The average molecular weight is 206 g/mol. The lowest BCUT2D eigenvalue weighted by Crippen LogP contribution is -2.45. The zero-order valence-electron chi connectivity index (χ0n) is 7.96. The molecule has 2 N–H and O–H groups in total. The van der Waals surface area contributed by atoms with Gasteiger partial charge >= 0.3 is 0 Å². The van der Waals surface area contributed by atoms with Gasteiger partial charge < -0.3 is 15.0 Å². The zero-order valence-corrected chi connectivity index (χ0v) is 7.96. The van der Waals surface area contributed by atoms with Crippen LogP contribution in [0.5, 0.6) is 5.88 Å². The number of alkyl halides is 2. The Labute approximate surface area is 80.0 Å². The molecule has 1 rings (SSSR count). The van der Waals surface area contributed by atoms with Crippen molar-refractivity contribution in [2.75, 3.05) is 7.11 Å². The number of hydrogen-bond acceptors (Lipinski definition) is 4. The predicted octanol–water partition coefficient (Wildman–Crippen LogP) is 1.21. The summed E-state index contributed by atoms with van der Waals surface area (Å²) in [6.45, 7) is 1.26. The predicted molar refractivity (Wildman–Crippen MR) is 45.4 cm³/mol. The molecule has 0 spiro atoms. The summed E-state index contributed by atoms with van der Waals surface area (Å²) in [6, 6.07) is 1.44. The van der Waals surface area contributed by atoms with Crippen LogP contribution in [0.2, 0.25) is 0 Å². The fourth-order valence-corrected chi connectivity index (χ4v) is 0.926. The topological polar surface area (TPSA) is 61.3 Å². The van der Waals surface area contributed by atoms with Crippen LogP contribution in [0.3, 0.4) is 0 Å². The highest BCUT2D eigenvalue weighted by Crippen LogP contribution is 2.20. The summed E-state index contributed by atoms with van der Waals surface area (Å²) in [4.78, 5) is 0. The van der Waals surface area contributed by atoms with Crippen LogP contribution in [0.1, 0.15) is 12.7 Å². The molecule has 1 atom stereocenters. The van der Waals surface area contributed by atoms with E-state index < -0.39 is 12.0 Å². The van der Waals surface area contributed by atoms with Crippen LogP contribution in [-0.2, 0) is 6.42 Å². The van der Waals surface area contributed by atoms with Gasteiger partial charge in [-0.3, -0.25) is 0 Å². The number of ether oxygens (including phenoxy) is 1. The molecule has 0 amide bonds. The summed E-state index contributed by atoms with van der Waals surface area (Å²) in [6.07, 6.45) is -2.69. The minimum Gasteiger partial charge on any atom is -0.479 e. The number of halogens is 2. The van der Waals surface area contributed by atoms with Crippen molar-refractivity contribution in [3.8, 4) is 5.88 Å². The average Bonchev–Trinajstić information content (AvgIpc) is 2.51. The van der Waals surface area contributed by atoms with Gasteiger partial charge in [0.25, 0.3) is 12.3 Å². The Morgan fingerprint density at radius 1 is 1.71 bits per heavy atom. The third kappa shape index (κ3) is 2.41. The number of methoxy groups -OCH3 is 1. The molecule has 1 heterocycles. The third-order valence-electron chi connectivity index (χ3n) is 1.80. The van der Waals surface area contributed by atoms with Crippen molar-refractivity contribution < 1.29 is 18.0 Å². The summed E-state index contributed by atoms with van der Waals surface area (Å²) >= 11 is 0. The van der Waals surface area contributed by atoms with Crippen LogP contribution in [0, 0.1) is 0 Å². The molecule has 80 valence electrons. The largest absolute Gasteiger partial charge is 0.479 e. The minimum atomic E-state index is -2.61. The van der Waals surface area contributed by atoms with E-state index >= 15 is 0 Å². The smallest absolute Gasteiger partial charge is 0.256 e. The number of rotatable bonds is 4. The van der Waals surface area contributed by atoms with Gasteiger partial charge in [0, 0.05) is 12.5 Å². The van der Waals surface area contributed by atoms with E-state index in [4.69, 9.17) is 15.0 Å². The number of nitrogens with zero attached hydrogens (tertiary/aromatic N) is 1. The van der Waals surface area contributed by atoms with Gasteiger partial charge in [-0.15, -0.1) is 0 Å². The van der Waals surface area contributed by atoms with Crippen molar-refractivity contribution in [3.63, 3.8) is 0 Å². The maximum atomic E-state index is 12.4. The lowest BCUT2D eigenvalue weighted by molar-refractivity contribution is 0.0601. The number of aromatic nitrogens is 1. The molecular formula is C8H12F2N2O2. The van der Waals surface area contributed by atoms with Crippen molar-refractivity contribution in [3.05, 3.63) is 11.8 Å². The van der Waals surface area contributed by atoms with E-state index in [0.717, 1.165) is 0 Å². The molecular weight excluding hydrogens is 194 g/mol. The molecule has 0 radical (unpaired) electrons. The highest BCUT2D eigenvalue weighted by molar-refractivity contribution is 5.13. The van der Waals surface area contributed by atoms with Crippen LogP contribution in [0.25, 0.3) is 0 Å². The van der Waals surface area contributed by atoms with E-state index in [-0.39, 0.29) is 18.1 Å². The fraction of sp³-hybridized carbons (Fsp3) is 0.625. The molecule has 0 bridgehead atoms. The van der Waals surface area contributed by atoms with Gasteiger partial charge in [-0.2, -0.15) is 0 Å². The number of hydrogen-bond donors (Lipinski definition) is 1. The molecule has 0 aromatic carbocycles. The molecule has 0 fully saturated rings. The molecule has 0 aliphatic heterocycles. The summed E-state index contributed by atoms with van der Waals surface area (Å²) < 4.78 is 34.2. The van der Waals surface area contributed by atoms with Gasteiger partial charge in [-0.05, 0) is 12.1 Å². The van der Waals surface area contributed by atoms with Crippen LogP contribution in [0.15, 0.2) is 10.6 Å². The Hall–Kier alpha value is -1.17. The molecule has 0 saturated carbocycles. The van der Waals surface area contributed by atoms with Gasteiger partial charge in [0.2, 0.25) is 0 Å². The molecule has 0 aliphatic rings. The van der Waals surface area contributed by atoms with Crippen LogP contribution >= 0.6 is 0 Å². The first-order chi connectivity index (χ1) is 6.45. The van der Waals surface area contributed by atoms with Gasteiger partial charge in [0.15, 0.2) is 0 Å². The van der Waals surface area contributed by atoms with Crippen molar-refractivity contribution in [1.29, 1.82) is 0 Å². The highest BCUT2D eigenvalue weighted by atomic mass is 19.3. The molecule has 0 aliphatic carbocycles. The van der Waals surface area contributed by atoms with Crippen molar-refractivity contribution in [2.24, 2.45) is 5.73 Å². The van der Waals surface area contributed by atoms with Gasteiger partial charge in [-0.25, -0.2) is 8.78 Å². The summed E-state index contributed by atoms with van der Waals surface area (Å²) in [5, 5.41) is 3.48. The van der Waals surface area contributed by atoms with Crippen LogP contribution in [0.4, 0.5) is 8.78 Å². The van der Waals surface area contributed by atoms with Crippen molar-refractivity contribution in [2.45, 2.75) is 25.3 Å². The monoisotopic (exact) mass is 206 g/mol. The fourth-order valence-electron chi connectivity index (χ4n) is 0.926. The minimum absolute atomic E-state index is 0.0823. The first kappa shape index (κ1) is 10.9. The molecule has 1 unspecified atom stereocenters. The maximum Gasteiger partial charge on any atom is 0.256 e. The zero-order chi connectivity index (χ0) is 10.8. The summed E-state index contributed by atoms with van der Waals surface area (Å²) in [5.41, 5.74) is 3.76. The molecule has 14 heavy (non-hydrogen) atoms. The lowest BCUT2D eigenvalue weighted by Gasteiger charge is -2.21.